The van der Waals surface area contributed by atoms with Crippen molar-refractivity contribution in [2.75, 3.05) is 5.32 Å². The van der Waals surface area contributed by atoms with E-state index in [2.05, 4.69) is 28.7 Å². The van der Waals surface area contributed by atoms with Crippen molar-refractivity contribution in [2.24, 2.45) is 0 Å². The summed E-state index contributed by atoms with van der Waals surface area (Å²) in [6, 6.07) is 3.60. The second kappa shape index (κ2) is 5.64. The van der Waals surface area contributed by atoms with Crippen molar-refractivity contribution in [1.29, 1.82) is 0 Å². The monoisotopic (exact) mass is 262 g/mol. The lowest BCUT2D eigenvalue weighted by atomic mass is 10.2. The molecule has 18 heavy (non-hydrogen) atoms. The zero-order valence-corrected chi connectivity index (χ0v) is 10.8. The number of pyridine rings is 1. The molecule has 2 aromatic heterocycles. The van der Waals surface area contributed by atoms with Crippen LogP contribution in [-0.4, -0.2) is 16.1 Å². The van der Waals surface area contributed by atoms with Crippen LogP contribution in [0.1, 0.15) is 27.7 Å². The summed E-state index contributed by atoms with van der Waals surface area (Å²) in [6.07, 6.45) is 4.01. The highest BCUT2D eigenvalue weighted by molar-refractivity contribution is 7.10. The van der Waals surface area contributed by atoms with E-state index in [1.807, 2.05) is 0 Å². The van der Waals surface area contributed by atoms with Gasteiger partial charge in [0.25, 0.3) is 0 Å². The summed E-state index contributed by atoms with van der Waals surface area (Å²) in [5, 5.41) is 14.3. The van der Waals surface area contributed by atoms with E-state index in [1.54, 1.807) is 17.5 Å². The SMILES string of the molecule is CCc1ccsc1CNc1cnccc1C(=O)O. The van der Waals surface area contributed by atoms with Gasteiger partial charge in [-0.1, -0.05) is 6.92 Å². The van der Waals surface area contributed by atoms with Crippen LogP contribution in [0.3, 0.4) is 0 Å². The van der Waals surface area contributed by atoms with E-state index in [0.717, 1.165) is 6.42 Å². The first-order valence-electron chi connectivity index (χ1n) is 5.68. The quantitative estimate of drug-likeness (QED) is 0.869. The molecule has 0 aliphatic rings. The molecule has 5 heteroatoms. The Labute approximate surface area is 109 Å². The van der Waals surface area contributed by atoms with Crippen LogP contribution >= 0.6 is 11.3 Å². The van der Waals surface area contributed by atoms with Gasteiger partial charge in [-0.25, -0.2) is 4.79 Å². The van der Waals surface area contributed by atoms with Crippen molar-refractivity contribution in [2.45, 2.75) is 19.9 Å². The second-order valence-electron chi connectivity index (χ2n) is 3.80. The Morgan fingerprint density at radius 3 is 3.06 bits per heavy atom. The lowest BCUT2D eigenvalue weighted by Crippen LogP contribution is -2.06. The summed E-state index contributed by atoms with van der Waals surface area (Å²) < 4.78 is 0. The molecule has 2 rings (SSSR count). The lowest BCUT2D eigenvalue weighted by Gasteiger charge is -2.08. The van der Waals surface area contributed by atoms with Crippen molar-refractivity contribution in [3.05, 3.63) is 45.9 Å². The van der Waals surface area contributed by atoms with Crippen molar-refractivity contribution in [1.82, 2.24) is 4.98 Å². The average Bonchev–Trinajstić information content (AvgIpc) is 2.84. The molecule has 2 aromatic rings. The number of nitrogens with one attached hydrogen (secondary N) is 1. The van der Waals surface area contributed by atoms with E-state index in [-0.39, 0.29) is 5.56 Å². The third-order valence-corrected chi connectivity index (χ3v) is 3.67. The van der Waals surface area contributed by atoms with Gasteiger partial charge in [-0.05, 0) is 29.5 Å². The number of aromatic nitrogens is 1. The molecule has 0 atom stereocenters. The summed E-state index contributed by atoms with van der Waals surface area (Å²) in [4.78, 5) is 16.2. The van der Waals surface area contributed by atoms with E-state index < -0.39 is 5.97 Å². The molecular formula is C13H14N2O2S. The first-order chi connectivity index (χ1) is 8.72. The first kappa shape index (κ1) is 12.6. The molecule has 0 aliphatic heterocycles. The van der Waals surface area contributed by atoms with Crippen LogP contribution in [0.2, 0.25) is 0 Å². The minimum Gasteiger partial charge on any atom is -0.478 e. The van der Waals surface area contributed by atoms with Crippen LogP contribution in [0, 0.1) is 0 Å². The molecule has 94 valence electrons. The average molecular weight is 262 g/mol. The highest BCUT2D eigenvalue weighted by Gasteiger charge is 2.10. The number of aryl methyl sites for hydroxylation is 1. The standard InChI is InChI=1S/C13H14N2O2S/c1-2-9-4-6-18-12(9)8-15-11-7-14-5-3-10(11)13(16)17/h3-7,15H,2,8H2,1H3,(H,16,17). The topological polar surface area (TPSA) is 62.2 Å². The van der Waals surface area contributed by atoms with Crippen LogP contribution in [0.5, 0.6) is 0 Å². The number of nitrogens with zero attached hydrogens (tertiary/aromatic N) is 1. The van der Waals surface area contributed by atoms with Crippen molar-refractivity contribution in [3.8, 4) is 0 Å². The number of aromatic carboxylic acids is 1. The van der Waals surface area contributed by atoms with Gasteiger partial charge >= 0.3 is 5.97 Å². The van der Waals surface area contributed by atoms with Gasteiger partial charge in [-0.2, -0.15) is 0 Å². The second-order valence-corrected chi connectivity index (χ2v) is 4.80. The zero-order chi connectivity index (χ0) is 13.0. The Hall–Kier alpha value is -1.88. The Balaban J connectivity index is 2.13. The van der Waals surface area contributed by atoms with Crippen molar-refractivity contribution >= 4 is 23.0 Å². The van der Waals surface area contributed by atoms with E-state index in [4.69, 9.17) is 5.11 Å². The molecule has 0 aliphatic carbocycles. The van der Waals surface area contributed by atoms with E-state index in [9.17, 15) is 4.79 Å². The smallest absolute Gasteiger partial charge is 0.337 e. The number of anilines is 1. The molecule has 4 nitrogen and oxygen atoms in total. The molecule has 0 unspecified atom stereocenters. The highest BCUT2D eigenvalue weighted by Crippen LogP contribution is 2.20. The van der Waals surface area contributed by atoms with Crippen LogP contribution in [-0.2, 0) is 13.0 Å². The molecule has 0 amide bonds. The Morgan fingerprint density at radius 1 is 1.50 bits per heavy atom. The van der Waals surface area contributed by atoms with E-state index in [1.165, 1.54) is 22.7 Å². The van der Waals surface area contributed by atoms with Crippen molar-refractivity contribution < 1.29 is 9.90 Å². The van der Waals surface area contributed by atoms with Gasteiger partial charge in [0.2, 0.25) is 0 Å². The molecule has 0 fully saturated rings. The number of carboxylic acid groups (broad SMARTS) is 1. The summed E-state index contributed by atoms with van der Waals surface area (Å²) in [5.41, 5.74) is 2.10. The van der Waals surface area contributed by atoms with Gasteiger partial charge in [0.05, 0.1) is 17.4 Å². The minimum absolute atomic E-state index is 0.250. The summed E-state index contributed by atoms with van der Waals surface area (Å²) in [7, 11) is 0. The number of hydrogen-bond donors (Lipinski definition) is 2. The summed E-state index contributed by atoms with van der Waals surface area (Å²) in [6.45, 7) is 2.74. The third-order valence-electron chi connectivity index (χ3n) is 2.71. The lowest BCUT2D eigenvalue weighted by molar-refractivity contribution is 0.0698. The molecule has 0 aromatic carbocycles. The molecule has 0 bridgehead atoms. The largest absolute Gasteiger partial charge is 0.478 e. The molecule has 0 saturated heterocycles. The fourth-order valence-corrected chi connectivity index (χ4v) is 2.65. The van der Waals surface area contributed by atoms with Gasteiger partial charge in [0, 0.05) is 17.6 Å². The molecular weight excluding hydrogens is 248 g/mol. The fraction of sp³-hybridized carbons (Fsp3) is 0.231. The number of thiophene rings is 1. The molecule has 0 saturated carbocycles. The Bertz CT molecular complexity index is 551. The Morgan fingerprint density at radius 2 is 2.33 bits per heavy atom. The third kappa shape index (κ3) is 2.68. The number of carboxylic acids is 1. The number of carbonyl (C=O) groups is 1. The molecule has 2 N–H and O–H groups in total. The van der Waals surface area contributed by atoms with Crippen LogP contribution in [0.15, 0.2) is 29.9 Å². The van der Waals surface area contributed by atoms with Gasteiger partial charge in [0.15, 0.2) is 0 Å². The van der Waals surface area contributed by atoms with Crippen LogP contribution < -0.4 is 5.32 Å². The fourth-order valence-electron chi connectivity index (χ4n) is 1.73. The normalized spacial score (nSPS) is 10.3. The van der Waals surface area contributed by atoms with Gasteiger partial charge in [-0.3, -0.25) is 4.98 Å². The summed E-state index contributed by atoms with van der Waals surface area (Å²) >= 11 is 1.68. The maximum atomic E-state index is 11.0. The first-order valence-corrected chi connectivity index (χ1v) is 6.56. The highest BCUT2D eigenvalue weighted by atomic mass is 32.1. The molecule has 2 heterocycles. The van der Waals surface area contributed by atoms with Gasteiger partial charge in [0.1, 0.15) is 0 Å². The zero-order valence-electron chi connectivity index (χ0n) is 10.0. The van der Waals surface area contributed by atoms with Gasteiger partial charge < -0.3 is 10.4 Å². The number of rotatable bonds is 5. The molecule has 0 radical (unpaired) electrons. The van der Waals surface area contributed by atoms with E-state index >= 15 is 0 Å². The Kier molecular flexibility index (Phi) is 3.94. The predicted octanol–water partition coefficient (Wildman–Crippen LogP) is 3.02. The minimum atomic E-state index is -0.943. The maximum Gasteiger partial charge on any atom is 0.337 e. The van der Waals surface area contributed by atoms with Crippen molar-refractivity contribution in [3.63, 3.8) is 0 Å². The summed E-state index contributed by atoms with van der Waals surface area (Å²) in [5.74, 6) is -0.943. The number of hydrogen-bond acceptors (Lipinski definition) is 4. The molecule has 0 spiro atoms. The maximum absolute atomic E-state index is 11.0. The predicted molar refractivity (Wildman–Crippen MR) is 72.2 cm³/mol. The van der Waals surface area contributed by atoms with Gasteiger partial charge in [-0.15, -0.1) is 11.3 Å². The van der Waals surface area contributed by atoms with E-state index in [0.29, 0.717) is 12.2 Å². The van der Waals surface area contributed by atoms with Crippen LogP contribution in [0.4, 0.5) is 5.69 Å². The van der Waals surface area contributed by atoms with Crippen LogP contribution in [0.25, 0.3) is 0 Å².